The Morgan fingerprint density at radius 1 is 1.48 bits per heavy atom. The maximum absolute atomic E-state index is 12.6. The number of nitrogens with zero attached hydrogens (tertiary/aromatic N) is 2. The van der Waals surface area contributed by atoms with Crippen molar-refractivity contribution in [3.63, 3.8) is 0 Å². The third-order valence-electron chi connectivity index (χ3n) is 3.42. The fourth-order valence-electron chi connectivity index (χ4n) is 2.30. The van der Waals surface area contributed by atoms with Crippen LogP contribution in [0.15, 0.2) is 23.1 Å². The zero-order valence-corrected chi connectivity index (χ0v) is 12.6. The van der Waals surface area contributed by atoms with Gasteiger partial charge in [0.05, 0.1) is 11.5 Å². The molecule has 1 N–H and O–H groups in total. The van der Waals surface area contributed by atoms with Crippen molar-refractivity contribution < 1.29 is 18.3 Å². The van der Waals surface area contributed by atoms with Crippen molar-refractivity contribution in [2.45, 2.75) is 17.7 Å². The van der Waals surface area contributed by atoms with Gasteiger partial charge in [-0.1, -0.05) is 11.6 Å². The van der Waals surface area contributed by atoms with Crippen molar-refractivity contribution in [2.24, 2.45) is 5.92 Å². The standard InChI is InChI=1S/C13H13ClN2O4S/c14-11-4-3-9(7-15)12(6-11)21(19,20)16-5-1-2-10(8-16)13(17)18/h3-4,6,10H,1-2,5,8H2,(H,17,18). The second kappa shape index (κ2) is 6.02. The van der Waals surface area contributed by atoms with Crippen LogP contribution in [-0.2, 0) is 14.8 Å². The highest BCUT2D eigenvalue weighted by Crippen LogP contribution is 2.27. The Morgan fingerprint density at radius 3 is 2.81 bits per heavy atom. The molecule has 1 aliphatic heterocycles. The van der Waals surface area contributed by atoms with Crippen LogP contribution >= 0.6 is 11.6 Å². The van der Waals surface area contributed by atoms with Crippen LogP contribution in [0, 0.1) is 17.2 Å². The van der Waals surface area contributed by atoms with Gasteiger partial charge in [0.2, 0.25) is 10.0 Å². The number of piperidine rings is 1. The minimum absolute atomic E-state index is 0.00292. The minimum atomic E-state index is -3.93. The zero-order chi connectivity index (χ0) is 15.6. The summed E-state index contributed by atoms with van der Waals surface area (Å²) >= 11 is 5.81. The first-order valence-corrected chi connectivity index (χ1v) is 8.10. The number of carboxylic acids is 1. The van der Waals surface area contributed by atoms with E-state index in [1.54, 1.807) is 0 Å². The molecule has 2 rings (SSSR count). The molecular weight excluding hydrogens is 316 g/mol. The molecule has 0 aromatic heterocycles. The van der Waals surface area contributed by atoms with E-state index in [9.17, 15) is 13.2 Å². The highest BCUT2D eigenvalue weighted by Gasteiger charge is 2.34. The summed E-state index contributed by atoms with van der Waals surface area (Å²) in [4.78, 5) is 10.9. The lowest BCUT2D eigenvalue weighted by atomic mass is 10.0. The number of halogens is 1. The maximum atomic E-state index is 12.6. The van der Waals surface area contributed by atoms with E-state index in [1.165, 1.54) is 18.2 Å². The van der Waals surface area contributed by atoms with Crippen molar-refractivity contribution in [1.29, 1.82) is 5.26 Å². The fourth-order valence-corrected chi connectivity index (χ4v) is 4.23. The van der Waals surface area contributed by atoms with E-state index in [0.717, 1.165) is 4.31 Å². The Morgan fingerprint density at radius 2 is 2.19 bits per heavy atom. The first-order valence-electron chi connectivity index (χ1n) is 6.29. The monoisotopic (exact) mass is 328 g/mol. The van der Waals surface area contributed by atoms with E-state index in [4.69, 9.17) is 22.0 Å². The predicted octanol–water partition coefficient (Wildman–Crippen LogP) is 1.70. The van der Waals surface area contributed by atoms with Gasteiger partial charge in [-0.25, -0.2) is 8.42 Å². The van der Waals surface area contributed by atoms with E-state index in [2.05, 4.69) is 0 Å². The molecule has 1 saturated heterocycles. The summed E-state index contributed by atoms with van der Waals surface area (Å²) in [7, 11) is -3.93. The van der Waals surface area contributed by atoms with Gasteiger partial charge in [-0.05, 0) is 31.0 Å². The molecule has 112 valence electrons. The number of sulfonamides is 1. The van der Waals surface area contributed by atoms with E-state index in [-0.39, 0.29) is 28.6 Å². The van der Waals surface area contributed by atoms with Crippen molar-refractivity contribution in [3.05, 3.63) is 28.8 Å². The van der Waals surface area contributed by atoms with Crippen LogP contribution in [0.4, 0.5) is 0 Å². The molecule has 0 bridgehead atoms. The number of hydrogen-bond donors (Lipinski definition) is 1. The summed E-state index contributed by atoms with van der Waals surface area (Å²) in [6.07, 6.45) is 0.917. The number of carboxylic acid groups (broad SMARTS) is 1. The SMILES string of the molecule is N#Cc1ccc(Cl)cc1S(=O)(=O)N1CCCC(C(=O)O)C1. The second-order valence-electron chi connectivity index (χ2n) is 4.79. The van der Waals surface area contributed by atoms with Gasteiger partial charge in [-0.15, -0.1) is 0 Å². The quantitative estimate of drug-likeness (QED) is 0.910. The number of rotatable bonds is 3. The summed E-state index contributed by atoms with van der Waals surface area (Å²) in [5.74, 6) is -1.74. The lowest BCUT2D eigenvalue weighted by molar-refractivity contribution is -0.142. The Hall–Kier alpha value is -1.62. The van der Waals surface area contributed by atoms with Gasteiger partial charge in [0.1, 0.15) is 11.0 Å². The number of carbonyl (C=O) groups is 1. The largest absolute Gasteiger partial charge is 0.481 e. The Balaban J connectivity index is 2.41. The van der Waals surface area contributed by atoms with Gasteiger partial charge in [0, 0.05) is 18.1 Å². The Bertz CT molecular complexity index is 711. The second-order valence-corrected chi connectivity index (χ2v) is 7.14. The third kappa shape index (κ3) is 3.18. The van der Waals surface area contributed by atoms with Crippen LogP contribution in [0.3, 0.4) is 0 Å². The molecule has 1 aliphatic rings. The molecule has 6 nitrogen and oxygen atoms in total. The van der Waals surface area contributed by atoms with Gasteiger partial charge in [0.25, 0.3) is 0 Å². The summed E-state index contributed by atoms with van der Waals surface area (Å²) in [6, 6.07) is 5.82. The van der Waals surface area contributed by atoms with Crippen LogP contribution in [0.2, 0.25) is 5.02 Å². The lowest BCUT2D eigenvalue weighted by Crippen LogP contribution is -2.42. The Labute approximate surface area is 127 Å². The van der Waals surface area contributed by atoms with Crippen molar-refractivity contribution >= 4 is 27.6 Å². The van der Waals surface area contributed by atoms with Gasteiger partial charge in [-0.2, -0.15) is 9.57 Å². The molecule has 1 atom stereocenters. The molecule has 0 aliphatic carbocycles. The number of hydrogen-bond acceptors (Lipinski definition) is 4. The van der Waals surface area contributed by atoms with Gasteiger partial charge < -0.3 is 5.11 Å². The summed E-state index contributed by atoms with van der Waals surface area (Å²) in [6.45, 7) is 0.151. The topological polar surface area (TPSA) is 98.5 Å². The molecule has 0 saturated carbocycles. The van der Waals surface area contributed by atoms with Gasteiger partial charge in [-0.3, -0.25) is 4.79 Å². The van der Waals surface area contributed by atoms with E-state index in [0.29, 0.717) is 12.8 Å². The molecule has 0 amide bonds. The number of aliphatic carboxylic acids is 1. The highest BCUT2D eigenvalue weighted by atomic mass is 35.5. The molecule has 8 heteroatoms. The predicted molar refractivity (Wildman–Crippen MR) is 75.3 cm³/mol. The van der Waals surface area contributed by atoms with Gasteiger partial charge in [0.15, 0.2) is 0 Å². The highest BCUT2D eigenvalue weighted by molar-refractivity contribution is 7.89. The average molecular weight is 329 g/mol. The number of benzene rings is 1. The zero-order valence-electron chi connectivity index (χ0n) is 11.0. The first-order chi connectivity index (χ1) is 9.86. The van der Waals surface area contributed by atoms with Crippen molar-refractivity contribution in [1.82, 2.24) is 4.31 Å². The molecule has 1 heterocycles. The van der Waals surface area contributed by atoms with Crippen LogP contribution in [0.5, 0.6) is 0 Å². The molecular formula is C13H13ClN2O4S. The van der Waals surface area contributed by atoms with Crippen LogP contribution in [-0.4, -0.2) is 36.9 Å². The van der Waals surface area contributed by atoms with E-state index >= 15 is 0 Å². The molecule has 0 spiro atoms. The average Bonchev–Trinajstić information content (AvgIpc) is 2.47. The van der Waals surface area contributed by atoms with Crippen LogP contribution in [0.25, 0.3) is 0 Å². The number of nitriles is 1. The van der Waals surface area contributed by atoms with E-state index in [1.807, 2.05) is 6.07 Å². The Kier molecular flexibility index (Phi) is 4.52. The summed E-state index contributed by atoms with van der Waals surface area (Å²) in [5.41, 5.74) is -0.00292. The summed E-state index contributed by atoms with van der Waals surface area (Å²) < 4.78 is 26.3. The molecule has 0 radical (unpaired) electrons. The van der Waals surface area contributed by atoms with Crippen molar-refractivity contribution in [3.8, 4) is 6.07 Å². The molecule has 1 aromatic carbocycles. The van der Waals surface area contributed by atoms with E-state index < -0.39 is 21.9 Å². The maximum Gasteiger partial charge on any atom is 0.307 e. The van der Waals surface area contributed by atoms with Crippen molar-refractivity contribution in [2.75, 3.05) is 13.1 Å². The normalized spacial score (nSPS) is 19.9. The molecule has 21 heavy (non-hydrogen) atoms. The molecule has 1 fully saturated rings. The summed E-state index contributed by atoms with van der Waals surface area (Å²) in [5, 5.41) is 18.3. The smallest absolute Gasteiger partial charge is 0.307 e. The minimum Gasteiger partial charge on any atom is -0.481 e. The third-order valence-corrected chi connectivity index (χ3v) is 5.56. The first kappa shape index (κ1) is 15.8. The lowest BCUT2D eigenvalue weighted by Gasteiger charge is -2.30. The van der Waals surface area contributed by atoms with Crippen LogP contribution in [0.1, 0.15) is 18.4 Å². The van der Waals surface area contributed by atoms with Crippen LogP contribution < -0.4 is 0 Å². The fraction of sp³-hybridized carbons (Fsp3) is 0.385. The molecule has 1 unspecified atom stereocenters. The molecule has 1 aromatic rings. The van der Waals surface area contributed by atoms with Gasteiger partial charge >= 0.3 is 5.97 Å².